The first-order valence-corrected chi connectivity index (χ1v) is 8.61. The predicted octanol–water partition coefficient (Wildman–Crippen LogP) is 1.95. The lowest BCUT2D eigenvalue weighted by Crippen LogP contribution is -2.41. The minimum atomic E-state index is -0.130. The summed E-state index contributed by atoms with van der Waals surface area (Å²) >= 11 is 0. The molecule has 0 radical (unpaired) electrons. The van der Waals surface area contributed by atoms with Gasteiger partial charge in [0.1, 0.15) is 6.54 Å². The predicted molar refractivity (Wildman–Crippen MR) is 97.2 cm³/mol. The van der Waals surface area contributed by atoms with Crippen molar-refractivity contribution >= 4 is 17.6 Å². The smallest absolute Gasteiger partial charge is 0.246 e. The second kappa shape index (κ2) is 9.93. The Morgan fingerprint density at radius 2 is 2.08 bits per heavy atom. The molecule has 0 aliphatic heterocycles. The molecule has 6 heteroatoms. The lowest BCUT2D eigenvalue weighted by molar-refractivity contribution is -0.114. The average Bonchev–Trinajstić information content (AvgIpc) is 3.40. The van der Waals surface area contributed by atoms with Crippen LogP contribution >= 0.6 is 0 Å². The number of para-hydroxylation sites is 1. The summed E-state index contributed by atoms with van der Waals surface area (Å²) in [6.45, 7) is 5.14. The zero-order valence-electron chi connectivity index (χ0n) is 14.6. The zero-order valence-corrected chi connectivity index (χ0v) is 14.6. The largest absolute Gasteiger partial charge is 0.379 e. The molecule has 0 saturated heterocycles. The zero-order chi connectivity index (χ0) is 17.2. The Balaban J connectivity index is 1.76. The number of amides is 1. The van der Waals surface area contributed by atoms with E-state index in [0.717, 1.165) is 37.3 Å². The third-order valence-electron chi connectivity index (χ3n) is 3.75. The molecule has 6 nitrogen and oxygen atoms in total. The van der Waals surface area contributed by atoms with Crippen LogP contribution in [0.3, 0.4) is 0 Å². The van der Waals surface area contributed by atoms with Gasteiger partial charge in [-0.15, -0.1) is 0 Å². The molecule has 1 aromatic rings. The Bertz CT molecular complexity index is 529. The quantitative estimate of drug-likeness (QED) is 0.412. The lowest BCUT2D eigenvalue weighted by Gasteiger charge is -2.21. The Kier molecular flexibility index (Phi) is 7.55. The van der Waals surface area contributed by atoms with E-state index in [4.69, 9.17) is 4.74 Å². The number of nitrogens with one attached hydrogen (secondary N) is 2. The van der Waals surface area contributed by atoms with Gasteiger partial charge in [-0.1, -0.05) is 18.2 Å². The fourth-order valence-electron chi connectivity index (χ4n) is 2.18. The van der Waals surface area contributed by atoms with Crippen molar-refractivity contribution in [3.8, 4) is 0 Å². The van der Waals surface area contributed by atoms with Gasteiger partial charge < -0.3 is 20.3 Å². The van der Waals surface area contributed by atoms with Gasteiger partial charge in [-0.05, 0) is 37.8 Å². The van der Waals surface area contributed by atoms with Crippen LogP contribution in [0, 0.1) is 5.92 Å². The van der Waals surface area contributed by atoms with E-state index in [-0.39, 0.29) is 12.5 Å². The van der Waals surface area contributed by atoms with Crippen LogP contribution in [-0.4, -0.2) is 56.7 Å². The fraction of sp³-hybridized carbons (Fsp3) is 0.556. The highest BCUT2D eigenvalue weighted by molar-refractivity contribution is 5.94. The average molecular weight is 332 g/mol. The molecule has 1 aliphatic rings. The SMILES string of the molecule is CCNC(=NCC(=O)Nc1ccccc1)N(C)CCOCC1CC1. The molecule has 1 amide bonds. The van der Waals surface area contributed by atoms with E-state index < -0.39 is 0 Å². The number of likely N-dealkylation sites (N-methyl/N-ethyl adjacent to an activating group) is 1. The van der Waals surface area contributed by atoms with Crippen molar-refractivity contribution in [1.29, 1.82) is 0 Å². The molecule has 1 fully saturated rings. The van der Waals surface area contributed by atoms with Crippen molar-refractivity contribution in [1.82, 2.24) is 10.2 Å². The molecular weight excluding hydrogens is 304 g/mol. The third kappa shape index (κ3) is 7.00. The highest BCUT2D eigenvalue weighted by Gasteiger charge is 2.21. The van der Waals surface area contributed by atoms with Gasteiger partial charge in [0.15, 0.2) is 5.96 Å². The van der Waals surface area contributed by atoms with Crippen molar-refractivity contribution in [3.63, 3.8) is 0 Å². The van der Waals surface area contributed by atoms with Gasteiger partial charge in [-0.25, -0.2) is 4.99 Å². The van der Waals surface area contributed by atoms with Crippen LogP contribution in [0.2, 0.25) is 0 Å². The molecule has 2 N–H and O–H groups in total. The summed E-state index contributed by atoms with van der Waals surface area (Å²) in [5.41, 5.74) is 0.782. The molecule has 2 rings (SSSR count). The van der Waals surface area contributed by atoms with E-state index in [9.17, 15) is 4.79 Å². The summed E-state index contributed by atoms with van der Waals surface area (Å²) < 4.78 is 5.66. The number of aliphatic imine (C=N–C) groups is 1. The molecule has 0 aromatic heterocycles. The Hall–Kier alpha value is -2.08. The standard InChI is InChI=1S/C18H28N4O2/c1-3-19-18(22(2)11-12-24-14-15-9-10-15)20-13-17(23)21-16-7-5-4-6-8-16/h4-8,15H,3,9-14H2,1-2H3,(H,19,20)(H,21,23). The molecule has 0 unspecified atom stereocenters. The number of benzene rings is 1. The third-order valence-corrected chi connectivity index (χ3v) is 3.75. The van der Waals surface area contributed by atoms with Gasteiger partial charge in [-0.3, -0.25) is 4.79 Å². The van der Waals surface area contributed by atoms with E-state index in [0.29, 0.717) is 6.61 Å². The number of rotatable bonds is 9. The minimum Gasteiger partial charge on any atom is -0.379 e. The van der Waals surface area contributed by atoms with Crippen molar-refractivity contribution < 1.29 is 9.53 Å². The molecule has 1 aliphatic carbocycles. The number of carbonyl (C=O) groups is 1. The molecule has 1 saturated carbocycles. The van der Waals surface area contributed by atoms with E-state index >= 15 is 0 Å². The minimum absolute atomic E-state index is 0.0878. The number of anilines is 1. The fourth-order valence-corrected chi connectivity index (χ4v) is 2.18. The van der Waals surface area contributed by atoms with Gasteiger partial charge in [0.25, 0.3) is 0 Å². The Labute approximate surface area is 144 Å². The molecule has 1 aromatic carbocycles. The molecule has 0 spiro atoms. The molecular formula is C18H28N4O2. The normalized spacial score (nSPS) is 14.3. The number of hydrogen-bond donors (Lipinski definition) is 2. The first kappa shape index (κ1) is 18.3. The summed E-state index contributed by atoms with van der Waals surface area (Å²) in [6.07, 6.45) is 2.60. The summed E-state index contributed by atoms with van der Waals surface area (Å²) in [5.74, 6) is 1.37. The Morgan fingerprint density at radius 3 is 2.75 bits per heavy atom. The molecule has 0 atom stereocenters. The van der Waals surface area contributed by atoms with E-state index in [1.165, 1.54) is 12.8 Å². The van der Waals surface area contributed by atoms with Crippen LogP contribution in [-0.2, 0) is 9.53 Å². The number of guanidine groups is 1. The van der Waals surface area contributed by atoms with Gasteiger partial charge in [0.05, 0.1) is 6.61 Å². The highest BCUT2D eigenvalue weighted by Crippen LogP contribution is 2.28. The summed E-state index contributed by atoms with van der Waals surface area (Å²) in [7, 11) is 1.96. The number of ether oxygens (including phenoxy) is 1. The maximum Gasteiger partial charge on any atom is 0.246 e. The van der Waals surface area contributed by atoms with Crippen molar-refractivity contribution in [2.75, 3.05) is 45.2 Å². The second-order valence-electron chi connectivity index (χ2n) is 6.02. The van der Waals surface area contributed by atoms with Crippen molar-refractivity contribution in [2.24, 2.45) is 10.9 Å². The molecule has 0 bridgehead atoms. The van der Waals surface area contributed by atoms with Gasteiger partial charge in [0.2, 0.25) is 5.91 Å². The van der Waals surface area contributed by atoms with Crippen LogP contribution in [0.15, 0.2) is 35.3 Å². The van der Waals surface area contributed by atoms with E-state index in [2.05, 4.69) is 15.6 Å². The first-order valence-electron chi connectivity index (χ1n) is 8.61. The lowest BCUT2D eigenvalue weighted by atomic mass is 10.3. The first-order chi connectivity index (χ1) is 11.7. The van der Waals surface area contributed by atoms with Crippen LogP contribution in [0.25, 0.3) is 0 Å². The van der Waals surface area contributed by atoms with Crippen LogP contribution in [0.1, 0.15) is 19.8 Å². The summed E-state index contributed by atoms with van der Waals surface area (Å²) in [4.78, 5) is 18.4. The molecule has 0 heterocycles. The van der Waals surface area contributed by atoms with Gasteiger partial charge in [0, 0.05) is 32.4 Å². The van der Waals surface area contributed by atoms with Crippen LogP contribution in [0.5, 0.6) is 0 Å². The highest BCUT2D eigenvalue weighted by atomic mass is 16.5. The summed E-state index contributed by atoms with van der Waals surface area (Å²) in [5, 5.41) is 6.04. The van der Waals surface area contributed by atoms with Gasteiger partial charge in [-0.2, -0.15) is 0 Å². The van der Waals surface area contributed by atoms with E-state index in [1.54, 1.807) is 0 Å². The number of carbonyl (C=O) groups excluding carboxylic acids is 1. The van der Waals surface area contributed by atoms with Crippen molar-refractivity contribution in [3.05, 3.63) is 30.3 Å². The van der Waals surface area contributed by atoms with Crippen molar-refractivity contribution in [2.45, 2.75) is 19.8 Å². The topological polar surface area (TPSA) is 66.0 Å². The number of hydrogen-bond acceptors (Lipinski definition) is 3. The van der Waals surface area contributed by atoms with Crippen LogP contribution in [0.4, 0.5) is 5.69 Å². The van der Waals surface area contributed by atoms with E-state index in [1.807, 2.05) is 49.2 Å². The van der Waals surface area contributed by atoms with Gasteiger partial charge >= 0.3 is 0 Å². The molecule has 132 valence electrons. The Morgan fingerprint density at radius 1 is 1.33 bits per heavy atom. The maximum absolute atomic E-state index is 12.0. The number of nitrogens with zero attached hydrogens (tertiary/aromatic N) is 2. The maximum atomic E-state index is 12.0. The monoisotopic (exact) mass is 332 g/mol. The molecule has 24 heavy (non-hydrogen) atoms. The second-order valence-corrected chi connectivity index (χ2v) is 6.02. The summed E-state index contributed by atoms with van der Waals surface area (Å²) in [6, 6.07) is 9.40. The van der Waals surface area contributed by atoms with Crippen LogP contribution < -0.4 is 10.6 Å².